The van der Waals surface area contributed by atoms with Crippen LogP contribution in [0.1, 0.15) is 0 Å². The third kappa shape index (κ3) is 2.07. The van der Waals surface area contributed by atoms with Gasteiger partial charge in [0.15, 0.2) is 16.5 Å². The van der Waals surface area contributed by atoms with E-state index in [1.165, 1.54) is 7.11 Å². The lowest BCUT2D eigenvalue weighted by Gasteiger charge is -2.04. The summed E-state index contributed by atoms with van der Waals surface area (Å²) in [7, 11) is 2.02. The first-order valence-corrected chi connectivity index (χ1v) is 5.40. The van der Waals surface area contributed by atoms with Gasteiger partial charge in [0.25, 0.3) is 9.05 Å². The molecule has 0 aliphatic heterocycles. The average molecular weight is 226 g/mol. The molecule has 0 aliphatic carbocycles. The smallest absolute Gasteiger partial charge is 0.268 e. The molecule has 0 fully saturated rings. The fraction of sp³-hybridized carbons (Fsp3) is 0.167. The van der Waals surface area contributed by atoms with Gasteiger partial charge >= 0.3 is 0 Å². The summed E-state index contributed by atoms with van der Waals surface area (Å²) in [5.41, 5.74) is 0. The predicted octanol–water partition coefficient (Wildman–Crippen LogP) is 1.16. The first-order valence-electron chi connectivity index (χ1n) is 3.09. The second-order valence-corrected chi connectivity index (χ2v) is 4.59. The zero-order chi connectivity index (χ0) is 10.1. The largest absolute Gasteiger partial charge is 0.494 e. The molecule has 0 atom stereocenters. The Morgan fingerprint density at radius 1 is 1.54 bits per heavy atom. The van der Waals surface area contributed by atoms with Crippen LogP contribution in [0.15, 0.2) is 17.3 Å². The Balaban J connectivity index is 3.50. The van der Waals surface area contributed by atoms with Crippen LogP contribution in [0.2, 0.25) is 0 Å². The van der Waals surface area contributed by atoms with Crippen LogP contribution in [0, 0.1) is 5.82 Å². The van der Waals surface area contributed by atoms with Gasteiger partial charge in [-0.1, -0.05) is 0 Å². The first-order chi connectivity index (χ1) is 5.96. The van der Waals surface area contributed by atoms with E-state index in [1.807, 2.05) is 0 Å². The van der Waals surface area contributed by atoms with Gasteiger partial charge in [0, 0.05) is 10.7 Å². The molecule has 1 rings (SSSR count). The molecule has 0 N–H and O–H groups in total. The van der Waals surface area contributed by atoms with Crippen LogP contribution in [-0.4, -0.2) is 20.5 Å². The highest BCUT2D eigenvalue weighted by Gasteiger charge is 2.22. The molecule has 0 radical (unpaired) electrons. The van der Waals surface area contributed by atoms with Crippen molar-refractivity contribution in [3.8, 4) is 5.75 Å². The molecule has 0 aromatic carbocycles. The molecule has 1 aromatic rings. The van der Waals surface area contributed by atoms with E-state index in [-0.39, 0.29) is 5.75 Å². The Kier molecular flexibility index (Phi) is 2.72. The average Bonchev–Trinajstić information content (AvgIpc) is 2.01. The van der Waals surface area contributed by atoms with Gasteiger partial charge in [-0.2, -0.15) is 0 Å². The number of rotatable bonds is 2. The molecule has 0 saturated carbocycles. The predicted molar refractivity (Wildman–Crippen MR) is 43.8 cm³/mol. The van der Waals surface area contributed by atoms with Crippen molar-refractivity contribution >= 4 is 19.7 Å². The van der Waals surface area contributed by atoms with Crippen LogP contribution in [0.4, 0.5) is 4.39 Å². The normalized spacial score (nSPS) is 11.3. The molecule has 1 heterocycles. The van der Waals surface area contributed by atoms with E-state index in [4.69, 9.17) is 10.7 Å². The summed E-state index contributed by atoms with van der Waals surface area (Å²) < 4.78 is 39.2. The summed E-state index contributed by atoms with van der Waals surface area (Å²) in [4.78, 5) is 2.72. The maximum Gasteiger partial charge on any atom is 0.268 e. The maximum absolute atomic E-state index is 12.9. The molecule has 0 amide bonds. The number of hydrogen-bond donors (Lipinski definition) is 0. The van der Waals surface area contributed by atoms with E-state index in [0.29, 0.717) is 0 Å². The molecule has 1 aromatic heterocycles. The molecule has 72 valence electrons. The third-order valence-corrected chi connectivity index (χ3v) is 2.63. The van der Waals surface area contributed by atoms with Crippen LogP contribution in [-0.2, 0) is 9.05 Å². The van der Waals surface area contributed by atoms with E-state index >= 15 is 0 Å². The number of methoxy groups -OCH3 is 1. The van der Waals surface area contributed by atoms with Crippen molar-refractivity contribution in [1.29, 1.82) is 0 Å². The van der Waals surface area contributed by atoms with Crippen molar-refractivity contribution in [3.63, 3.8) is 0 Å². The van der Waals surface area contributed by atoms with E-state index in [0.717, 1.165) is 12.4 Å². The number of ether oxygens (including phenoxy) is 1. The summed E-state index contributed by atoms with van der Waals surface area (Å²) in [6.07, 6.45) is 1.82. The molecule has 4 nitrogen and oxygen atoms in total. The lowest BCUT2D eigenvalue weighted by atomic mass is 10.4. The number of halogens is 2. The summed E-state index contributed by atoms with van der Waals surface area (Å²) in [6.45, 7) is 0. The van der Waals surface area contributed by atoms with Crippen LogP contribution < -0.4 is 4.74 Å². The SMILES string of the molecule is COc1cncc(F)c1S(=O)(=O)Cl. The molecular weight excluding hydrogens is 221 g/mol. The van der Waals surface area contributed by atoms with Gasteiger partial charge in [0.2, 0.25) is 0 Å². The number of nitrogens with zero attached hydrogens (tertiary/aromatic N) is 1. The zero-order valence-electron chi connectivity index (χ0n) is 6.49. The van der Waals surface area contributed by atoms with Gasteiger partial charge in [0.05, 0.1) is 19.5 Å². The van der Waals surface area contributed by atoms with Crippen molar-refractivity contribution in [2.75, 3.05) is 7.11 Å². The molecule has 7 heteroatoms. The monoisotopic (exact) mass is 225 g/mol. The van der Waals surface area contributed by atoms with Gasteiger partial charge in [-0.3, -0.25) is 4.98 Å². The molecule has 0 bridgehead atoms. The molecule has 0 saturated heterocycles. The van der Waals surface area contributed by atoms with Crippen molar-refractivity contribution in [2.45, 2.75) is 4.90 Å². The Labute approximate surface area is 78.7 Å². The second kappa shape index (κ2) is 3.47. The van der Waals surface area contributed by atoms with E-state index in [9.17, 15) is 12.8 Å². The van der Waals surface area contributed by atoms with Crippen molar-refractivity contribution in [3.05, 3.63) is 18.2 Å². The highest BCUT2D eigenvalue weighted by molar-refractivity contribution is 8.13. The fourth-order valence-corrected chi connectivity index (χ4v) is 1.90. The third-order valence-electron chi connectivity index (χ3n) is 1.28. The van der Waals surface area contributed by atoms with Gasteiger partial charge < -0.3 is 4.74 Å². The van der Waals surface area contributed by atoms with Gasteiger partial charge in [0.1, 0.15) is 0 Å². The summed E-state index contributed by atoms with van der Waals surface area (Å²) in [5, 5.41) is 0. The standard InChI is InChI=1S/C6H5ClFNO3S/c1-12-5-3-9-2-4(8)6(5)13(7,10)11/h2-3H,1H3. The van der Waals surface area contributed by atoms with Gasteiger partial charge in [-0.15, -0.1) is 0 Å². The highest BCUT2D eigenvalue weighted by atomic mass is 35.7. The Bertz CT molecular complexity index is 420. The summed E-state index contributed by atoms with van der Waals surface area (Å²) in [5.74, 6) is -1.25. The molecule has 0 unspecified atom stereocenters. The van der Waals surface area contributed by atoms with Crippen molar-refractivity contribution < 1.29 is 17.5 Å². The van der Waals surface area contributed by atoms with E-state index < -0.39 is 19.8 Å². The summed E-state index contributed by atoms with van der Waals surface area (Å²) >= 11 is 0. The minimum Gasteiger partial charge on any atom is -0.494 e. The van der Waals surface area contributed by atoms with Gasteiger partial charge in [-0.25, -0.2) is 12.8 Å². The number of aromatic nitrogens is 1. The van der Waals surface area contributed by atoms with Crippen molar-refractivity contribution in [2.24, 2.45) is 0 Å². The molecule has 13 heavy (non-hydrogen) atoms. The van der Waals surface area contributed by atoms with E-state index in [1.54, 1.807) is 0 Å². The van der Waals surface area contributed by atoms with E-state index in [2.05, 4.69) is 9.72 Å². The molecule has 0 aliphatic rings. The molecular formula is C6H5ClFNO3S. The topological polar surface area (TPSA) is 56.3 Å². The Morgan fingerprint density at radius 3 is 2.54 bits per heavy atom. The number of pyridine rings is 1. The van der Waals surface area contributed by atoms with Crippen molar-refractivity contribution in [1.82, 2.24) is 4.98 Å². The molecule has 0 spiro atoms. The van der Waals surface area contributed by atoms with Gasteiger partial charge in [-0.05, 0) is 0 Å². The lowest BCUT2D eigenvalue weighted by Crippen LogP contribution is -2.00. The Morgan fingerprint density at radius 2 is 2.15 bits per heavy atom. The van der Waals surface area contributed by atoms with Crippen LogP contribution in [0.3, 0.4) is 0 Å². The summed E-state index contributed by atoms with van der Waals surface area (Å²) in [6, 6.07) is 0. The lowest BCUT2D eigenvalue weighted by molar-refractivity contribution is 0.392. The minimum atomic E-state index is -4.14. The highest BCUT2D eigenvalue weighted by Crippen LogP contribution is 2.27. The Hall–Kier alpha value is -0.880. The van der Waals surface area contributed by atoms with Crippen LogP contribution >= 0.6 is 10.7 Å². The zero-order valence-corrected chi connectivity index (χ0v) is 8.06. The maximum atomic E-state index is 12.9. The quantitative estimate of drug-likeness (QED) is 0.709. The first kappa shape index (κ1) is 10.2. The van der Waals surface area contributed by atoms with Crippen LogP contribution in [0.5, 0.6) is 5.75 Å². The second-order valence-electron chi connectivity index (χ2n) is 2.09. The van der Waals surface area contributed by atoms with Crippen LogP contribution in [0.25, 0.3) is 0 Å². The number of hydrogen-bond acceptors (Lipinski definition) is 4. The fourth-order valence-electron chi connectivity index (χ4n) is 0.787. The minimum absolute atomic E-state index is 0.213.